The lowest BCUT2D eigenvalue weighted by Gasteiger charge is -2.34. The van der Waals surface area contributed by atoms with E-state index in [1.807, 2.05) is 19.9 Å². The fourth-order valence-electron chi connectivity index (χ4n) is 4.05. The van der Waals surface area contributed by atoms with Gasteiger partial charge in [-0.3, -0.25) is 4.79 Å². The molecule has 154 valence electrons. The molecule has 0 unspecified atom stereocenters. The Balaban J connectivity index is 1.70. The van der Waals surface area contributed by atoms with Crippen LogP contribution in [0.4, 0.5) is 5.69 Å². The van der Waals surface area contributed by atoms with Crippen LogP contribution in [-0.4, -0.2) is 52.0 Å². The summed E-state index contributed by atoms with van der Waals surface area (Å²) in [5, 5.41) is 8.11. The first-order valence-electron chi connectivity index (χ1n) is 10.3. The van der Waals surface area contributed by atoms with Crippen LogP contribution in [0.3, 0.4) is 0 Å². The van der Waals surface area contributed by atoms with Gasteiger partial charge in [-0.25, -0.2) is 9.67 Å². The van der Waals surface area contributed by atoms with Gasteiger partial charge in [-0.05, 0) is 45.4 Å². The molecule has 0 amide bonds. The number of aromatic amines is 1. The molecule has 3 aromatic rings. The molecule has 0 radical (unpaired) electrons. The van der Waals surface area contributed by atoms with Gasteiger partial charge in [0, 0.05) is 30.9 Å². The molecule has 0 saturated carbocycles. The molecule has 29 heavy (non-hydrogen) atoms. The largest absolute Gasteiger partial charge is 0.492 e. The highest BCUT2D eigenvalue weighted by atomic mass is 16.5. The highest BCUT2D eigenvalue weighted by Crippen LogP contribution is 2.31. The highest BCUT2D eigenvalue weighted by Gasteiger charge is 2.21. The van der Waals surface area contributed by atoms with E-state index in [-0.39, 0.29) is 5.56 Å². The van der Waals surface area contributed by atoms with Gasteiger partial charge in [-0.1, -0.05) is 6.92 Å². The standard InChI is InChI=1S/C21H28N6O2/c1-4-22-15-8-10-26(11-9-15)16-6-7-17(18(12-16)29-5-2)27-20-19(14(3)25-27)23-13-24-21(20)28/h6-7,12-13,15,22H,4-5,8-11H2,1-3H3,(H,23,24,28). The normalized spacial score (nSPS) is 15.2. The van der Waals surface area contributed by atoms with Gasteiger partial charge in [0.1, 0.15) is 17.0 Å². The van der Waals surface area contributed by atoms with Gasteiger partial charge < -0.3 is 19.9 Å². The minimum atomic E-state index is -0.215. The Morgan fingerprint density at radius 2 is 2.07 bits per heavy atom. The molecule has 8 heteroatoms. The Labute approximate surface area is 169 Å². The summed E-state index contributed by atoms with van der Waals surface area (Å²) >= 11 is 0. The van der Waals surface area contributed by atoms with Crippen molar-refractivity contribution < 1.29 is 4.74 Å². The van der Waals surface area contributed by atoms with E-state index < -0.39 is 0 Å². The number of nitrogens with zero attached hydrogens (tertiary/aromatic N) is 4. The molecule has 1 fully saturated rings. The molecule has 2 N–H and O–H groups in total. The monoisotopic (exact) mass is 396 g/mol. The zero-order chi connectivity index (χ0) is 20.4. The molecule has 0 aliphatic carbocycles. The van der Waals surface area contributed by atoms with Gasteiger partial charge in [0.25, 0.3) is 5.56 Å². The predicted octanol–water partition coefficient (Wildman–Crippen LogP) is 2.39. The first kappa shape index (κ1) is 19.4. The number of ether oxygens (including phenoxy) is 1. The Kier molecular flexibility index (Phi) is 5.53. The van der Waals surface area contributed by atoms with Crippen LogP contribution in [-0.2, 0) is 0 Å². The number of rotatable bonds is 6. The van der Waals surface area contributed by atoms with E-state index in [2.05, 4.69) is 44.3 Å². The van der Waals surface area contributed by atoms with Crippen LogP contribution < -0.4 is 20.5 Å². The summed E-state index contributed by atoms with van der Waals surface area (Å²) in [6.45, 7) is 9.53. The van der Waals surface area contributed by atoms with Crippen LogP contribution in [0, 0.1) is 6.92 Å². The summed E-state index contributed by atoms with van der Waals surface area (Å²) in [7, 11) is 0. The third kappa shape index (κ3) is 3.72. The molecule has 0 atom stereocenters. The van der Waals surface area contributed by atoms with Gasteiger partial charge >= 0.3 is 0 Å². The minimum Gasteiger partial charge on any atom is -0.492 e. The summed E-state index contributed by atoms with van der Waals surface area (Å²) in [4.78, 5) is 21.8. The smallest absolute Gasteiger partial charge is 0.277 e. The summed E-state index contributed by atoms with van der Waals surface area (Å²) < 4.78 is 7.59. The first-order chi connectivity index (χ1) is 14.1. The van der Waals surface area contributed by atoms with E-state index in [0.717, 1.165) is 43.9 Å². The summed E-state index contributed by atoms with van der Waals surface area (Å²) in [5.41, 5.74) is 3.41. The number of nitrogens with one attached hydrogen (secondary N) is 2. The Bertz CT molecular complexity index is 1050. The summed E-state index contributed by atoms with van der Waals surface area (Å²) in [6.07, 6.45) is 3.67. The molecule has 3 heterocycles. The fourth-order valence-corrected chi connectivity index (χ4v) is 4.05. The first-order valence-corrected chi connectivity index (χ1v) is 10.3. The molecular weight excluding hydrogens is 368 g/mol. The number of aromatic nitrogens is 4. The van der Waals surface area contributed by atoms with Crippen molar-refractivity contribution in [2.45, 2.75) is 39.7 Å². The molecule has 4 rings (SSSR count). The topological polar surface area (TPSA) is 88.1 Å². The van der Waals surface area contributed by atoms with Crippen LogP contribution in [0.5, 0.6) is 5.75 Å². The number of fused-ring (bicyclic) bond motifs is 1. The molecule has 2 aromatic heterocycles. The molecule has 1 aromatic carbocycles. The number of aryl methyl sites for hydroxylation is 1. The molecule has 1 aliphatic rings. The highest BCUT2D eigenvalue weighted by molar-refractivity contribution is 5.79. The van der Waals surface area contributed by atoms with Crippen LogP contribution in [0.25, 0.3) is 16.7 Å². The van der Waals surface area contributed by atoms with Gasteiger partial charge in [0.2, 0.25) is 0 Å². The van der Waals surface area contributed by atoms with E-state index in [1.165, 1.54) is 6.33 Å². The molecule has 0 bridgehead atoms. The van der Waals surface area contributed by atoms with E-state index in [0.29, 0.717) is 35.1 Å². The maximum atomic E-state index is 12.4. The van der Waals surface area contributed by atoms with Crippen LogP contribution in [0.15, 0.2) is 29.3 Å². The van der Waals surface area contributed by atoms with Crippen molar-refractivity contribution in [2.75, 3.05) is 31.1 Å². The van der Waals surface area contributed by atoms with Crippen molar-refractivity contribution in [1.82, 2.24) is 25.1 Å². The quantitative estimate of drug-likeness (QED) is 0.665. The summed E-state index contributed by atoms with van der Waals surface area (Å²) in [5.74, 6) is 0.714. The van der Waals surface area contributed by atoms with Gasteiger partial charge in [0.05, 0.1) is 18.6 Å². The third-order valence-electron chi connectivity index (χ3n) is 5.46. The third-order valence-corrected chi connectivity index (χ3v) is 5.46. The fraction of sp³-hybridized carbons (Fsp3) is 0.476. The van der Waals surface area contributed by atoms with Gasteiger partial charge in [-0.2, -0.15) is 5.10 Å². The van der Waals surface area contributed by atoms with Crippen LogP contribution in [0.2, 0.25) is 0 Å². The van der Waals surface area contributed by atoms with E-state index in [4.69, 9.17) is 4.74 Å². The Hall–Kier alpha value is -2.87. The van der Waals surface area contributed by atoms with Crippen molar-refractivity contribution in [1.29, 1.82) is 0 Å². The zero-order valence-corrected chi connectivity index (χ0v) is 17.2. The number of piperidine rings is 1. The van der Waals surface area contributed by atoms with E-state index in [9.17, 15) is 4.79 Å². The Morgan fingerprint density at radius 3 is 2.79 bits per heavy atom. The second kappa shape index (κ2) is 8.24. The van der Waals surface area contributed by atoms with Crippen LogP contribution in [0.1, 0.15) is 32.4 Å². The van der Waals surface area contributed by atoms with Crippen LogP contribution >= 0.6 is 0 Å². The average molecular weight is 396 g/mol. The number of anilines is 1. The summed E-state index contributed by atoms with van der Waals surface area (Å²) in [6, 6.07) is 6.72. The SMILES string of the molecule is CCNC1CCN(c2ccc(-n3nc(C)c4nc[nH]c(=O)c43)c(OCC)c2)CC1. The van der Waals surface area contributed by atoms with E-state index >= 15 is 0 Å². The van der Waals surface area contributed by atoms with E-state index in [1.54, 1.807) is 4.68 Å². The molecule has 8 nitrogen and oxygen atoms in total. The predicted molar refractivity (Wildman–Crippen MR) is 114 cm³/mol. The maximum absolute atomic E-state index is 12.4. The second-order valence-electron chi connectivity index (χ2n) is 7.33. The number of H-pyrrole nitrogens is 1. The number of hydrogen-bond donors (Lipinski definition) is 2. The second-order valence-corrected chi connectivity index (χ2v) is 7.33. The zero-order valence-electron chi connectivity index (χ0n) is 17.2. The van der Waals surface area contributed by atoms with Gasteiger partial charge in [0.15, 0.2) is 5.52 Å². The van der Waals surface area contributed by atoms with Gasteiger partial charge in [-0.15, -0.1) is 0 Å². The molecular formula is C21H28N6O2. The number of benzene rings is 1. The molecule has 1 aliphatic heterocycles. The van der Waals surface area contributed by atoms with Crippen molar-refractivity contribution >= 4 is 16.7 Å². The lowest BCUT2D eigenvalue weighted by molar-refractivity contribution is 0.338. The maximum Gasteiger partial charge on any atom is 0.277 e. The molecule has 0 spiro atoms. The molecule has 1 saturated heterocycles. The average Bonchev–Trinajstić information content (AvgIpc) is 3.07. The lowest BCUT2D eigenvalue weighted by Crippen LogP contribution is -2.42. The lowest BCUT2D eigenvalue weighted by atomic mass is 10.0. The van der Waals surface area contributed by atoms with Crippen molar-refractivity contribution in [2.24, 2.45) is 0 Å². The van der Waals surface area contributed by atoms with Crippen molar-refractivity contribution in [3.05, 3.63) is 40.6 Å². The van der Waals surface area contributed by atoms with Crippen molar-refractivity contribution in [3.63, 3.8) is 0 Å². The number of hydrogen-bond acceptors (Lipinski definition) is 6. The minimum absolute atomic E-state index is 0.215. The Morgan fingerprint density at radius 1 is 1.28 bits per heavy atom. The van der Waals surface area contributed by atoms with Crippen molar-refractivity contribution in [3.8, 4) is 11.4 Å².